The van der Waals surface area contributed by atoms with Gasteiger partial charge in [-0.2, -0.15) is 0 Å². The van der Waals surface area contributed by atoms with Crippen molar-refractivity contribution in [2.24, 2.45) is 17.8 Å². The van der Waals surface area contributed by atoms with Gasteiger partial charge in [-0.15, -0.1) is 0 Å². The van der Waals surface area contributed by atoms with Crippen LogP contribution in [0.2, 0.25) is 0 Å². The lowest BCUT2D eigenvalue weighted by molar-refractivity contribution is -0.152. The predicted molar refractivity (Wildman–Crippen MR) is 144 cm³/mol. The van der Waals surface area contributed by atoms with E-state index in [2.05, 4.69) is 13.0 Å². The minimum absolute atomic E-state index is 0.0329. The van der Waals surface area contributed by atoms with Gasteiger partial charge in [-0.3, -0.25) is 9.59 Å². The Morgan fingerprint density at radius 1 is 1.32 bits per heavy atom. The third-order valence-electron chi connectivity index (χ3n) is 7.60. The molecule has 38 heavy (non-hydrogen) atoms. The normalized spacial score (nSPS) is 36.4. The number of cyclic esters (lactones) is 1. The van der Waals surface area contributed by atoms with E-state index < -0.39 is 35.9 Å². The SMILES string of the molecule is CCC(O)C(C)C1OC1CC(C)/C=C/C=C(\C)C1OC(=O)CC(O)CCC(C)(F)C(OC(C)=O)/C=C\C1C. The Kier molecular flexibility index (Phi) is 12.2. The van der Waals surface area contributed by atoms with Crippen LogP contribution in [0.4, 0.5) is 4.39 Å². The summed E-state index contributed by atoms with van der Waals surface area (Å²) < 4.78 is 32.2. The molecule has 0 bridgehead atoms. The molecule has 0 aromatic rings. The molecule has 8 heteroatoms. The first-order valence-electron chi connectivity index (χ1n) is 13.9. The topological polar surface area (TPSA) is 106 Å². The second-order valence-electron chi connectivity index (χ2n) is 11.3. The highest BCUT2D eigenvalue weighted by Gasteiger charge is 2.45. The van der Waals surface area contributed by atoms with Gasteiger partial charge in [-0.05, 0) is 57.1 Å². The van der Waals surface area contributed by atoms with E-state index in [4.69, 9.17) is 14.2 Å². The maximum Gasteiger partial charge on any atom is 0.309 e. The molecule has 1 saturated heterocycles. The zero-order valence-corrected chi connectivity index (χ0v) is 23.9. The van der Waals surface area contributed by atoms with E-state index in [-0.39, 0.29) is 55.3 Å². The molecule has 2 rings (SSSR count). The fourth-order valence-electron chi connectivity index (χ4n) is 4.95. The lowest BCUT2D eigenvalue weighted by Gasteiger charge is -2.30. The van der Waals surface area contributed by atoms with Gasteiger partial charge in [0.15, 0.2) is 6.10 Å². The molecule has 0 saturated carbocycles. The summed E-state index contributed by atoms with van der Waals surface area (Å²) in [5, 5.41) is 20.3. The smallest absolute Gasteiger partial charge is 0.309 e. The van der Waals surface area contributed by atoms with E-state index in [9.17, 15) is 19.8 Å². The maximum absolute atomic E-state index is 15.4. The molecule has 10 atom stereocenters. The number of carbonyl (C=O) groups excluding carboxylic acids is 2. The molecule has 0 aromatic carbocycles. The molecule has 2 heterocycles. The van der Waals surface area contributed by atoms with Gasteiger partial charge in [-0.1, -0.05) is 52.0 Å². The molecule has 0 radical (unpaired) electrons. The summed E-state index contributed by atoms with van der Waals surface area (Å²) >= 11 is 0. The van der Waals surface area contributed by atoms with Crippen LogP contribution in [-0.4, -0.2) is 64.4 Å². The van der Waals surface area contributed by atoms with Crippen molar-refractivity contribution >= 4 is 11.9 Å². The number of allylic oxidation sites excluding steroid dienone is 3. The third-order valence-corrected chi connectivity index (χ3v) is 7.60. The van der Waals surface area contributed by atoms with Gasteiger partial charge in [-0.25, -0.2) is 4.39 Å². The number of alkyl halides is 1. The Morgan fingerprint density at radius 2 is 2.00 bits per heavy atom. The van der Waals surface area contributed by atoms with Gasteiger partial charge in [0.05, 0.1) is 30.8 Å². The van der Waals surface area contributed by atoms with Crippen molar-refractivity contribution in [2.75, 3.05) is 0 Å². The van der Waals surface area contributed by atoms with E-state index in [1.54, 1.807) is 6.08 Å². The average molecular weight is 539 g/mol. The molecular formula is C30H47FO7. The van der Waals surface area contributed by atoms with Crippen molar-refractivity contribution in [1.29, 1.82) is 0 Å². The van der Waals surface area contributed by atoms with Gasteiger partial charge in [0.1, 0.15) is 11.8 Å². The molecule has 2 aliphatic rings. The molecular weight excluding hydrogens is 491 g/mol. The van der Waals surface area contributed by atoms with Crippen LogP contribution in [0, 0.1) is 17.8 Å². The Hall–Kier alpha value is -2.03. The van der Waals surface area contributed by atoms with Crippen molar-refractivity contribution in [2.45, 2.75) is 123 Å². The number of epoxide rings is 1. The Labute approximate surface area is 227 Å². The van der Waals surface area contributed by atoms with Crippen LogP contribution in [0.3, 0.4) is 0 Å². The second-order valence-corrected chi connectivity index (χ2v) is 11.3. The van der Waals surface area contributed by atoms with Crippen molar-refractivity contribution in [3.05, 3.63) is 36.0 Å². The van der Waals surface area contributed by atoms with Crippen LogP contribution in [0.15, 0.2) is 36.0 Å². The van der Waals surface area contributed by atoms with Gasteiger partial charge in [0.25, 0.3) is 0 Å². The largest absolute Gasteiger partial charge is 0.457 e. The number of aliphatic hydroxyl groups excluding tert-OH is 2. The zero-order valence-electron chi connectivity index (χ0n) is 23.9. The van der Waals surface area contributed by atoms with Gasteiger partial charge < -0.3 is 24.4 Å². The second kappa shape index (κ2) is 14.4. The highest BCUT2D eigenvalue weighted by molar-refractivity contribution is 5.70. The fraction of sp³-hybridized carbons (Fsp3) is 0.733. The molecule has 1 fully saturated rings. The third kappa shape index (κ3) is 9.93. The molecule has 0 spiro atoms. The van der Waals surface area contributed by atoms with Crippen molar-refractivity contribution in [1.82, 2.24) is 0 Å². The molecule has 0 aromatic heterocycles. The van der Waals surface area contributed by atoms with Crippen molar-refractivity contribution in [3.8, 4) is 0 Å². The Morgan fingerprint density at radius 3 is 2.63 bits per heavy atom. The van der Waals surface area contributed by atoms with E-state index >= 15 is 4.39 Å². The molecule has 10 unspecified atom stereocenters. The number of hydrogen-bond acceptors (Lipinski definition) is 7. The lowest BCUT2D eigenvalue weighted by atomic mass is 9.90. The highest BCUT2D eigenvalue weighted by Crippen LogP contribution is 2.36. The number of carbonyl (C=O) groups is 2. The maximum atomic E-state index is 15.4. The standard InChI is InChI=1S/C30H47FO7/c1-8-24(34)21(5)29-25(37-29)16-18(2)10-9-11-19(3)28-20(4)12-13-26(36-22(6)32)30(7,31)15-14-23(33)17-27(35)38-28/h9-13,18,20-21,23-26,28-29,33-34H,8,14-17H2,1-7H3/b10-9+,13-12-,19-11+. The van der Waals surface area contributed by atoms with Gasteiger partial charge in [0, 0.05) is 18.8 Å². The van der Waals surface area contributed by atoms with Crippen LogP contribution < -0.4 is 0 Å². The van der Waals surface area contributed by atoms with Gasteiger partial charge in [0.2, 0.25) is 0 Å². The quantitative estimate of drug-likeness (QED) is 0.184. The molecule has 2 aliphatic heterocycles. The van der Waals surface area contributed by atoms with Crippen LogP contribution in [-0.2, 0) is 23.8 Å². The monoisotopic (exact) mass is 538 g/mol. The van der Waals surface area contributed by atoms with E-state index in [0.717, 1.165) is 12.0 Å². The fourth-order valence-corrected chi connectivity index (χ4v) is 4.95. The Bertz CT molecular complexity index is 880. The number of hydrogen-bond donors (Lipinski definition) is 2. The molecule has 216 valence electrons. The number of aliphatic hydroxyl groups is 2. The zero-order chi connectivity index (χ0) is 28.6. The number of halogens is 1. The van der Waals surface area contributed by atoms with E-state index in [0.29, 0.717) is 6.42 Å². The summed E-state index contributed by atoms with van der Waals surface area (Å²) in [6.45, 7) is 12.4. The summed E-state index contributed by atoms with van der Waals surface area (Å²) in [4.78, 5) is 24.2. The first-order chi connectivity index (χ1) is 17.7. The highest BCUT2D eigenvalue weighted by atomic mass is 19.1. The molecule has 0 aliphatic carbocycles. The molecule has 7 nitrogen and oxygen atoms in total. The Balaban J connectivity index is 2.12. The lowest BCUT2D eigenvalue weighted by Crippen LogP contribution is -2.38. The number of esters is 2. The first kappa shape index (κ1) is 32.2. The predicted octanol–water partition coefficient (Wildman–Crippen LogP) is 5.00. The van der Waals surface area contributed by atoms with Crippen molar-refractivity contribution < 1.29 is 38.4 Å². The molecule has 0 amide bonds. The summed E-state index contributed by atoms with van der Waals surface area (Å²) in [6, 6.07) is 0. The van der Waals surface area contributed by atoms with E-state index in [1.807, 2.05) is 39.8 Å². The summed E-state index contributed by atoms with van der Waals surface area (Å²) in [5.41, 5.74) is -1.11. The average Bonchev–Trinajstić information content (AvgIpc) is 3.60. The van der Waals surface area contributed by atoms with E-state index in [1.165, 1.54) is 19.9 Å². The summed E-state index contributed by atoms with van der Waals surface area (Å²) in [7, 11) is 0. The van der Waals surface area contributed by atoms with Gasteiger partial charge >= 0.3 is 11.9 Å². The number of rotatable bonds is 9. The molecule has 2 N–H and O–H groups in total. The summed E-state index contributed by atoms with van der Waals surface area (Å²) in [6.07, 6.45) is 7.45. The first-order valence-corrected chi connectivity index (χ1v) is 13.9. The van der Waals surface area contributed by atoms with Crippen LogP contribution >= 0.6 is 0 Å². The summed E-state index contributed by atoms with van der Waals surface area (Å²) in [5.74, 6) is -1.12. The minimum Gasteiger partial charge on any atom is -0.457 e. The van der Waals surface area contributed by atoms with Crippen molar-refractivity contribution in [3.63, 3.8) is 0 Å². The van der Waals surface area contributed by atoms with Crippen LogP contribution in [0.1, 0.15) is 80.6 Å². The van der Waals surface area contributed by atoms with Crippen LogP contribution in [0.5, 0.6) is 0 Å². The van der Waals surface area contributed by atoms with Crippen LogP contribution in [0.25, 0.3) is 0 Å². The number of ether oxygens (including phenoxy) is 3. The minimum atomic E-state index is -1.90.